The van der Waals surface area contributed by atoms with Gasteiger partial charge in [0.2, 0.25) is 5.91 Å². The van der Waals surface area contributed by atoms with Crippen LogP contribution < -0.4 is 9.47 Å². The summed E-state index contributed by atoms with van der Waals surface area (Å²) in [5.41, 5.74) is 1.21. The van der Waals surface area contributed by atoms with Crippen LogP contribution in [0.2, 0.25) is 0 Å². The van der Waals surface area contributed by atoms with Gasteiger partial charge in [-0.1, -0.05) is 43.2 Å². The van der Waals surface area contributed by atoms with Crippen LogP contribution in [0.5, 0.6) is 11.5 Å². The molecule has 2 unspecified atom stereocenters. The van der Waals surface area contributed by atoms with E-state index in [4.69, 9.17) is 9.47 Å². The van der Waals surface area contributed by atoms with Crippen molar-refractivity contribution in [3.63, 3.8) is 0 Å². The lowest BCUT2D eigenvalue weighted by Gasteiger charge is -2.52. The molecule has 1 aliphatic carbocycles. The van der Waals surface area contributed by atoms with E-state index in [0.29, 0.717) is 19.6 Å². The molecule has 32 heavy (non-hydrogen) atoms. The fourth-order valence-corrected chi connectivity index (χ4v) is 5.30. The summed E-state index contributed by atoms with van der Waals surface area (Å²) in [7, 11) is 1.64. The lowest BCUT2D eigenvalue weighted by Crippen LogP contribution is -2.56. The Bertz CT molecular complexity index is 954. The number of ether oxygens (including phenoxy) is 2. The highest BCUT2D eigenvalue weighted by molar-refractivity contribution is 5.92. The monoisotopic (exact) mass is 435 g/mol. The highest BCUT2D eigenvalue weighted by Crippen LogP contribution is 2.50. The molecular weight excluding hydrogens is 402 g/mol. The fourth-order valence-electron chi connectivity index (χ4n) is 5.30. The second-order valence-corrected chi connectivity index (χ2v) is 8.76. The first-order valence-corrected chi connectivity index (χ1v) is 11.6. The summed E-state index contributed by atoms with van der Waals surface area (Å²) in [4.78, 5) is 15.4. The minimum absolute atomic E-state index is 0.00458. The quantitative estimate of drug-likeness (QED) is 0.649. The molecule has 3 atom stereocenters. The Labute approximate surface area is 190 Å². The summed E-state index contributed by atoms with van der Waals surface area (Å²) in [6.07, 6.45) is 7.93. The standard InChI is InChI=1S/C27H33NO4/c1-3-32-24-10-5-4-8-22(24)26-23-9-6-7-17-27(23,30)18-19-28(26)25(29)16-13-20-11-14-21(31-2)15-12-20/h4-5,8,10-16,23,26,30H,3,6-7,9,17-19H2,1-2H3/t23?,26-,27?/m0/s1. The molecule has 1 saturated heterocycles. The molecule has 1 heterocycles. The van der Waals surface area contributed by atoms with Crippen LogP contribution >= 0.6 is 0 Å². The van der Waals surface area contributed by atoms with Gasteiger partial charge in [0.25, 0.3) is 0 Å². The Morgan fingerprint density at radius 2 is 1.94 bits per heavy atom. The smallest absolute Gasteiger partial charge is 0.247 e. The molecule has 5 heteroatoms. The number of methoxy groups -OCH3 is 1. The molecule has 1 amide bonds. The Balaban J connectivity index is 1.66. The predicted molar refractivity (Wildman–Crippen MR) is 126 cm³/mol. The molecule has 0 spiro atoms. The molecule has 0 bridgehead atoms. The van der Waals surface area contributed by atoms with Gasteiger partial charge >= 0.3 is 0 Å². The van der Waals surface area contributed by atoms with Gasteiger partial charge in [-0.15, -0.1) is 0 Å². The van der Waals surface area contributed by atoms with Crippen LogP contribution in [0.1, 0.15) is 56.2 Å². The topological polar surface area (TPSA) is 59.0 Å². The molecular formula is C27H33NO4. The highest BCUT2D eigenvalue weighted by Gasteiger charge is 2.50. The zero-order valence-corrected chi connectivity index (χ0v) is 19.0. The number of aliphatic hydroxyl groups is 1. The Morgan fingerprint density at radius 1 is 1.16 bits per heavy atom. The van der Waals surface area contributed by atoms with Gasteiger partial charge in [-0.05, 0) is 56.0 Å². The van der Waals surface area contributed by atoms with Crippen LogP contribution in [0.3, 0.4) is 0 Å². The number of nitrogens with zero attached hydrogens (tertiary/aromatic N) is 1. The van der Waals surface area contributed by atoms with Gasteiger partial charge in [0.1, 0.15) is 11.5 Å². The highest BCUT2D eigenvalue weighted by atomic mass is 16.5. The molecule has 0 aromatic heterocycles. The van der Waals surface area contributed by atoms with E-state index in [1.54, 1.807) is 13.2 Å². The van der Waals surface area contributed by atoms with Crippen LogP contribution in [0, 0.1) is 5.92 Å². The van der Waals surface area contributed by atoms with Gasteiger partial charge in [0.15, 0.2) is 0 Å². The first-order chi connectivity index (χ1) is 15.6. The molecule has 5 nitrogen and oxygen atoms in total. The minimum Gasteiger partial charge on any atom is -0.497 e. The van der Waals surface area contributed by atoms with Gasteiger partial charge in [-0.25, -0.2) is 0 Å². The second kappa shape index (κ2) is 9.78. The van der Waals surface area contributed by atoms with Crippen molar-refractivity contribution in [1.29, 1.82) is 0 Å². The lowest BCUT2D eigenvalue weighted by molar-refractivity contribution is -0.151. The Hall–Kier alpha value is -2.79. The zero-order valence-electron chi connectivity index (χ0n) is 19.0. The van der Waals surface area contributed by atoms with E-state index in [9.17, 15) is 9.90 Å². The summed E-state index contributed by atoms with van der Waals surface area (Å²) in [5.74, 6) is 1.55. The average Bonchev–Trinajstić information content (AvgIpc) is 2.82. The maximum Gasteiger partial charge on any atom is 0.247 e. The van der Waals surface area contributed by atoms with Crippen LogP contribution in [-0.2, 0) is 4.79 Å². The van der Waals surface area contributed by atoms with Crippen molar-refractivity contribution in [1.82, 2.24) is 4.90 Å². The van der Waals surface area contributed by atoms with Crippen molar-refractivity contribution in [3.8, 4) is 11.5 Å². The number of carbonyl (C=O) groups excluding carboxylic acids is 1. The van der Waals surface area contributed by atoms with Crippen molar-refractivity contribution in [2.75, 3.05) is 20.3 Å². The Morgan fingerprint density at radius 3 is 2.69 bits per heavy atom. The van der Waals surface area contributed by atoms with Gasteiger partial charge in [-0.2, -0.15) is 0 Å². The maximum absolute atomic E-state index is 13.4. The van der Waals surface area contributed by atoms with Crippen molar-refractivity contribution >= 4 is 12.0 Å². The van der Waals surface area contributed by atoms with Crippen molar-refractivity contribution < 1.29 is 19.4 Å². The fraction of sp³-hybridized carbons (Fsp3) is 0.444. The number of amides is 1. The molecule has 2 aromatic carbocycles. The largest absolute Gasteiger partial charge is 0.497 e. The summed E-state index contributed by atoms with van der Waals surface area (Å²) >= 11 is 0. The lowest BCUT2D eigenvalue weighted by atomic mass is 9.66. The van der Waals surface area contributed by atoms with Crippen molar-refractivity contribution in [3.05, 3.63) is 65.7 Å². The van der Waals surface area contributed by atoms with Gasteiger partial charge in [0, 0.05) is 24.1 Å². The number of piperidine rings is 1. The van der Waals surface area contributed by atoms with Crippen molar-refractivity contribution in [2.45, 2.75) is 50.7 Å². The third kappa shape index (κ3) is 4.53. The van der Waals surface area contributed by atoms with Crippen molar-refractivity contribution in [2.24, 2.45) is 5.92 Å². The first-order valence-electron chi connectivity index (χ1n) is 11.6. The van der Waals surface area contributed by atoms with E-state index in [1.165, 1.54) is 0 Å². The SMILES string of the molecule is CCOc1ccccc1[C@H]1C2CCCCC2(O)CCN1C(=O)C=Cc1ccc(OC)cc1. The molecule has 0 radical (unpaired) electrons. The van der Waals surface area contributed by atoms with Gasteiger partial charge in [0.05, 0.1) is 25.4 Å². The van der Waals surface area contributed by atoms with Crippen LogP contribution in [-0.4, -0.2) is 41.8 Å². The third-order valence-electron chi connectivity index (χ3n) is 6.92. The molecule has 1 saturated carbocycles. The van der Waals surface area contributed by atoms with Gasteiger partial charge < -0.3 is 19.5 Å². The average molecular weight is 436 g/mol. The molecule has 170 valence electrons. The van der Waals surface area contributed by atoms with Crippen LogP contribution in [0.25, 0.3) is 6.08 Å². The number of carbonyl (C=O) groups is 1. The normalized spacial score (nSPS) is 25.4. The number of para-hydroxylation sites is 1. The van der Waals surface area contributed by atoms with Crippen LogP contribution in [0.15, 0.2) is 54.6 Å². The molecule has 1 N–H and O–H groups in total. The number of likely N-dealkylation sites (tertiary alicyclic amines) is 1. The molecule has 2 aliphatic rings. The predicted octanol–water partition coefficient (Wildman–Crippen LogP) is 5.00. The molecule has 2 fully saturated rings. The van der Waals surface area contributed by atoms with Gasteiger partial charge in [-0.3, -0.25) is 4.79 Å². The van der Waals surface area contributed by atoms with E-state index in [0.717, 1.165) is 48.3 Å². The molecule has 4 rings (SSSR count). The summed E-state index contributed by atoms with van der Waals surface area (Å²) in [6, 6.07) is 15.4. The molecule has 2 aromatic rings. The zero-order chi connectivity index (χ0) is 22.6. The number of hydrogen-bond donors (Lipinski definition) is 1. The summed E-state index contributed by atoms with van der Waals surface area (Å²) in [5, 5.41) is 11.5. The number of rotatable bonds is 6. The third-order valence-corrected chi connectivity index (χ3v) is 6.92. The minimum atomic E-state index is -0.723. The first kappa shape index (κ1) is 22.4. The maximum atomic E-state index is 13.4. The number of fused-ring (bicyclic) bond motifs is 1. The summed E-state index contributed by atoms with van der Waals surface area (Å²) < 4.78 is 11.1. The van der Waals surface area contributed by atoms with E-state index < -0.39 is 5.60 Å². The number of hydrogen-bond acceptors (Lipinski definition) is 4. The second-order valence-electron chi connectivity index (χ2n) is 8.76. The van der Waals surface area contributed by atoms with E-state index in [-0.39, 0.29) is 17.9 Å². The van der Waals surface area contributed by atoms with E-state index >= 15 is 0 Å². The summed E-state index contributed by atoms with van der Waals surface area (Å²) in [6.45, 7) is 3.06. The number of benzene rings is 2. The Kier molecular flexibility index (Phi) is 6.85. The van der Waals surface area contributed by atoms with E-state index in [1.807, 2.05) is 66.4 Å². The van der Waals surface area contributed by atoms with Crippen LogP contribution in [0.4, 0.5) is 0 Å². The van der Waals surface area contributed by atoms with E-state index in [2.05, 4.69) is 0 Å². The molecule has 1 aliphatic heterocycles.